The van der Waals surface area contributed by atoms with E-state index in [-0.39, 0.29) is 5.69 Å². The molecule has 0 spiro atoms. The minimum atomic E-state index is -0.109. The quantitative estimate of drug-likeness (QED) is 0.495. The van der Waals surface area contributed by atoms with Gasteiger partial charge in [-0.1, -0.05) is 0 Å². The summed E-state index contributed by atoms with van der Waals surface area (Å²) >= 11 is 0. The van der Waals surface area contributed by atoms with Gasteiger partial charge in [-0.15, -0.1) is 0 Å². The molecule has 0 atom stereocenters. The van der Waals surface area contributed by atoms with Crippen molar-refractivity contribution < 1.29 is 0 Å². The van der Waals surface area contributed by atoms with Crippen molar-refractivity contribution in [3.8, 4) is 0 Å². The molecule has 0 aliphatic heterocycles. The number of nitrogens with one attached hydrogen (secondary N) is 1. The topological polar surface area (TPSA) is 37.8 Å². The molecule has 3 nitrogen and oxygen atoms in total. The zero-order valence-electron chi connectivity index (χ0n) is 4.86. The number of aromatic nitrogens is 2. The van der Waals surface area contributed by atoms with Crippen molar-refractivity contribution in [2.24, 2.45) is 7.05 Å². The van der Waals surface area contributed by atoms with Crippen LogP contribution in [0.5, 0.6) is 0 Å². The lowest BCUT2D eigenvalue weighted by Gasteiger charge is -1.76. The van der Waals surface area contributed by atoms with Crippen LogP contribution in [-0.4, -0.2) is 9.55 Å². The maximum Gasteiger partial charge on any atom is 0.325 e. The molecule has 0 saturated heterocycles. The Hall–Kier alpha value is -0.990. The highest BCUT2D eigenvalue weighted by Gasteiger charge is 1.90. The van der Waals surface area contributed by atoms with Crippen molar-refractivity contribution in [1.82, 2.24) is 9.55 Å². The number of rotatable bonds is 0. The van der Waals surface area contributed by atoms with E-state index in [0.29, 0.717) is 0 Å². The highest BCUT2D eigenvalue weighted by molar-refractivity contribution is 4.88. The van der Waals surface area contributed by atoms with E-state index < -0.39 is 0 Å². The molecule has 0 aliphatic carbocycles. The van der Waals surface area contributed by atoms with E-state index in [1.165, 1.54) is 4.57 Å². The Morgan fingerprint density at radius 1 is 1.75 bits per heavy atom. The highest BCUT2D eigenvalue weighted by atomic mass is 16.1. The fraction of sp³-hybridized carbons (Fsp3) is 0.400. The maximum absolute atomic E-state index is 10.5. The Balaban J connectivity index is 3.35. The van der Waals surface area contributed by atoms with Crippen LogP contribution in [0.25, 0.3) is 0 Å². The number of aromatic amines is 1. The lowest BCUT2D eigenvalue weighted by molar-refractivity contribution is 0.856. The number of H-pyrrole nitrogens is 1. The first-order chi connectivity index (χ1) is 3.70. The SMILES string of the molecule is Cc1[c]n(C)c(=O)[nH]1. The molecule has 0 bridgehead atoms. The summed E-state index contributed by atoms with van der Waals surface area (Å²) in [5.41, 5.74) is 0.667. The molecule has 8 heavy (non-hydrogen) atoms. The van der Waals surface area contributed by atoms with E-state index in [2.05, 4.69) is 11.2 Å². The lowest BCUT2D eigenvalue weighted by atomic mass is 10.6. The Kier molecular flexibility index (Phi) is 0.970. The van der Waals surface area contributed by atoms with Gasteiger partial charge in [0.15, 0.2) is 0 Å². The molecule has 1 N–H and O–H groups in total. The predicted molar refractivity (Wildman–Crippen MR) is 29.6 cm³/mol. The van der Waals surface area contributed by atoms with E-state index in [1.807, 2.05) is 0 Å². The molecule has 1 radical (unpaired) electrons. The van der Waals surface area contributed by atoms with Gasteiger partial charge in [-0.25, -0.2) is 4.79 Å². The zero-order valence-corrected chi connectivity index (χ0v) is 4.86. The van der Waals surface area contributed by atoms with Crippen molar-refractivity contribution in [3.63, 3.8) is 0 Å². The first-order valence-corrected chi connectivity index (χ1v) is 2.35. The molecule has 1 rings (SSSR count). The highest BCUT2D eigenvalue weighted by Crippen LogP contribution is 1.79. The standard InChI is InChI=1S/C5H7N2O/c1-4-3-7(2)5(8)6-4/h1-2H3,(H,6,8). The third-order valence-corrected chi connectivity index (χ3v) is 0.934. The summed E-state index contributed by atoms with van der Waals surface area (Å²) in [4.78, 5) is 13.1. The predicted octanol–water partition coefficient (Wildman–Crippen LogP) is -0.178. The van der Waals surface area contributed by atoms with Crippen LogP contribution in [0.15, 0.2) is 4.79 Å². The Bertz CT molecular complexity index is 233. The van der Waals surface area contributed by atoms with Crippen LogP contribution in [0.4, 0.5) is 0 Å². The summed E-state index contributed by atoms with van der Waals surface area (Å²) in [5, 5.41) is 0. The summed E-state index contributed by atoms with van der Waals surface area (Å²) < 4.78 is 1.38. The van der Waals surface area contributed by atoms with E-state index >= 15 is 0 Å². The average molecular weight is 111 g/mol. The van der Waals surface area contributed by atoms with Gasteiger partial charge in [0.1, 0.15) is 0 Å². The lowest BCUT2D eigenvalue weighted by Crippen LogP contribution is -2.11. The summed E-state index contributed by atoms with van der Waals surface area (Å²) in [5.74, 6) is 0. The average Bonchev–Trinajstić information content (AvgIpc) is 1.85. The first kappa shape index (κ1) is 5.15. The molecule has 0 fully saturated rings. The second-order valence-electron chi connectivity index (χ2n) is 1.73. The molecule has 1 aromatic heterocycles. The van der Waals surface area contributed by atoms with E-state index in [0.717, 1.165) is 5.69 Å². The summed E-state index contributed by atoms with van der Waals surface area (Å²) in [7, 11) is 1.66. The van der Waals surface area contributed by atoms with Crippen molar-refractivity contribution >= 4 is 0 Å². The minimum Gasteiger partial charge on any atom is -0.309 e. The van der Waals surface area contributed by atoms with Gasteiger partial charge in [0, 0.05) is 12.7 Å². The summed E-state index contributed by atoms with van der Waals surface area (Å²) in [6, 6.07) is 0. The van der Waals surface area contributed by atoms with Gasteiger partial charge in [-0.3, -0.25) is 4.57 Å². The number of imidazole rings is 1. The Morgan fingerprint density at radius 2 is 2.38 bits per heavy atom. The van der Waals surface area contributed by atoms with Crippen molar-refractivity contribution in [2.45, 2.75) is 6.92 Å². The van der Waals surface area contributed by atoms with Gasteiger partial charge in [-0.2, -0.15) is 0 Å². The van der Waals surface area contributed by atoms with Gasteiger partial charge >= 0.3 is 5.69 Å². The van der Waals surface area contributed by atoms with Crippen LogP contribution in [0.3, 0.4) is 0 Å². The second-order valence-corrected chi connectivity index (χ2v) is 1.73. The van der Waals surface area contributed by atoms with Crippen molar-refractivity contribution in [1.29, 1.82) is 0 Å². The van der Waals surface area contributed by atoms with Gasteiger partial charge in [-0.05, 0) is 6.92 Å². The van der Waals surface area contributed by atoms with E-state index in [1.54, 1.807) is 14.0 Å². The number of nitrogens with zero attached hydrogens (tertiary/aromatic N) is 1. The molecule has 0 saturated carbocycles. The first-order valence-electron chi connectivity index (χ1n) is 2.35. The van der Waals surface area contributed by atoms with Crippen LogP contribution in [0, 0.1) is 13.1 Å². The molecule has 43 valence electrons. The van der Waals surface area contributed by atoms with Gasteiger partial charge in [0.05, 0.1) is 6.20 Å². The molecule has 3 heteroatoms. The normalized spacial score (nSPS) is 9.75. The molecule has 0 amide bonds. The minimum absolute atomic E-state index is 0.109. The number of hydrogen-bond acceptors (Lipinski definition) is 1. The third kappa shape index (κ3) is 0.665. The van der Waals surface area contributed by atoms with Crippen LogP contribution in [0.2, 0.25) is 0 Å². The Labute approximate surface area is 47.0 Å². The second kappa shape index (κ2) is 1.51. The maximum atomic E-state index is 10.5. The number of aryl methyl sites for hydroxylation is 2. The smallest absolute Gasteiger partial charge is 0.309 e. The van der Waals surface area contributed by atoms with Crippen LogP contribution in [0.1, 0.15) is 5.69 Å². The Morgan fingerprint density at radius 3 is 2.50 bits per heavy atom. The number of hydrogen-bond donors (Lipinski definition) is 1. The van der Waals surface area contributed by atoms with Crippen molar-refractivity contribution in [3.05, 3.63) is 22.4 Å². The van der Waals surface area contributed by atoms with Gasteiger partial charge in [0.25, 0.3) is 0 Å². The van der Waals surface area contributed by atoms with Crippen LogP contribution in [-0.2, 0) is 7.05 Å². The van der Waals surface area contributed by atoms with E-state index in [4.69, 9.17) is 0 Å². The molecule has 1 aromatic rings. The molecule has 0 aromatic carbocycles. The monoisotopic (exact) mass is 111 g/mol. The van der Waals surface area contributed by atoms with E-state index in [9.17, 15) is 4.79 Å². The zero-order chi connectivity index (χ0) is 6.15. The van der Waals surface area contributed by atoms with Gasteiger partial charge < -0.3 is 4.98 Å². The third-order valence-electron chi connectivity index (χ3n) is 0.934. The summed E-state index contributed by atoms with van der Waals surface area (Å²) in [6.45, 7) is 1.79. The molecule has 0 unspecified atom stereocenters. The van der Waals surface area contributed by atoms with Gasteiger partial charge in [0.2, 0.25) is 0 Å². The molecular weight excluding hydrogens is 104 g/mol. The fourth-order valence-corrected chi connectivity index (χ4v) is 0.575. The largest absolute Gasteiger partial charge is 0.325 e. The molecule has 0 aliphatic rings. The molecular formula is C5H7N2O. The van der Waals surface area contributed by atoms with Crippen molar-refractivity contribution in [2.75, 3.05) is 0 Å². The summed E-state index contributed by atoms with van der Waals surface area (Å²) in [6.07, 6.45) is 2.76. The van der Waals surface area contributed by atoms with Crippen LogP contribution < -0.4 is 5.69 Å². The molecule has 1 heterocycles. The fourth-order valence-electron chi connectivity index (χ4n) is 0.575. The van der Waals surface area contributed by atoms with Crippen LogP contribution >= 0.6 is 0 Å².